The van der Waals surface area contributed by atoms with Crippen LogP contribution in [0, 0.1) is 0 Å². The average molecular weight is 282 g/mol. The Morgan fingerprint density at radius 3 is 2.61 bits per heavy atom. The van der Waals surface area contributed by atoms with Crippen molar-refractivity contribution in [2.24, 2.45) is 0 Å². The molecule has 0 fully saturated rings. The van der Waals surface area contributed by atoms with Gasteiger partial charge in [0, 0.05) is 22.3 Å². The first-order chi connectivity index (χ1) is 8.69. The highest BCUT2D eigenvalue weighted by Gasteiger charge is 2.01. The molecule has 0 saturated heterocycles. The van der Waals surface area contributed by atoms with Crippen LogP contribution in [0.5, 0.6) is 0 Å². The number of rotatable bonds is 4. The summed E-state index contributed by atoms with van der Waals surface area (Å²) < 4.78 is 0. The molecule has 2 nitrogen and oxygen atoms in total. The molecule has 4 heteroatoms. The van der Waals surface area contributed by atoms with E-state index < -0.39 is 0 Å². The molecular weight excluding hydrogens is 269 g/mol. The number of halogens is 2. The van der Waals surface area contributed by atoms with Crippen LogP contribution >= 0.6 is 23.2 Å². The molecule has 2 aromatic rings. The van der Waals surface area contributed by atoms with Crippen LogP contribution in [0.1, 0.15) is 11.1 Å². The zero-order valence-electron chi connectivity index (χ0n) is 9.66. The van der Waals surface area contributed by atoms with Gasteiger partial charge in [0.15, 0.2) is 0 Å². The Labute approximate surface area is 116 Å². The number of anilines is 1. The van der Waals surface area contributed by atoms with Gasteiger partial charge in [-0.05, 0) is 35.4 Å². The normalized spacial score (nSPS) is 10.4. The van der Waals surface area contributed by atoms with Crippen LogP contribution in [-0.4, -0.2) is 5.11 Å². The third-order valence-corrected chi connectivity index (χ3v) is 3.19. The van der Waals surface area contributed by atoms with Gasteiger partial charge in [0.2, 0.25) is 0 Å². The SMILES string of the molecule is OCc1cccc(NCc2ccc(Cl)cc2Cl)c1. The molecule has 0 atom stereocenters. The lowest BCUT2D eigenvalue weighted by Crippen LogP contribution is -2.00. The van der Waals surface area contributed by atoms with Crippen LogP contribution in [0.25, 0.3) is 0 Å². The molecule has 94 valence electrons. The third-order valence-electron chi connectivity index (χ3n) is 2.61. The van der Waals surface area contributed by atoms with Crippen LogP contribution in [0.2, 0.25) is 10.0 Å². The first-order valence-electron chi connectivity index (χ1n) is 5.56. The maximum absolute atomic E-state index is 9.06. The summed E-state index contributed by atoms with van der Waals surface area (Å²) in [7, 11) is 0. The second-order valence-electron chi connectivity index (χ2n) is 3.95. The highest BCUT2D eigenvalue weighted by Crippen LogP contribution is 2.22. The lowest BCUT2D eigenvalue weighted by molar-refractivity contribution is 0.282. The Kier molecular flexibility index (Phi) is 4.48. The largest absolute Gasteiger partial charge is 0.392 e. The van der Waals surface area contributed by atoms with Gasteiger partial charge in [-0.25, -0.2) is 0 Å². The van der Waals surface area contributed by atoms with E-state index in [0.29, 0.717) is 16.6 Å². The predicted octanol–water partition coefficient (Wildman–Crippen LogP) is 4.10. The van der Waals surface area contributed by atoms with E-state index in [2.05, 4.69) is 5.32 Å². The van der Waals surface area contributed by atoms with Crippen molar-refractivity contribution in [2.75, 3.05) is 5.32 Å². The summed E-state index contributed by atoms with van der Waals surface area (Å²) in [6.45, 7) is 0.655. The fourth-order valence-electron chi connectivity index (χ4n) is 1.64. The minimum atomic E-state index is 0.0389. The minimum Gasteiger partial charge on any atom is -0.392 e. The fraction of sp³-hybridized carbons (Fsp3) is 0.143. The molecule has 2 rings (SSSR count). The molecule has 0 aliphatic heterocycles. The maximum atomic E-state index is 9.06. The van der Waals surface area contributed by atoms with Gasteiger partial charge in [0.1, 0.15) is 0 Å². The zero-order chi connectivity index (χ0) is 13.0. The first-order valence-corrected chi connectivity index (χ1v) is 6.32. The molecule has 0 aromatic heterocycles. The molecule has 2 aromatic carbocycles. The average Bonchev–Trinajstić information content (AvgIpc) is 2.38. The quantitative estimate of drug-likeness (QED) is 0.885. The Bertz CT molecular complexity index is 543. The van der Waals surface area contributed by atoms with Gasteiger partial charge in [-0.2, -0.15) is 0 Å². The Morgan fingerprint density at radius 2 is 1.89 bits per heavy atom. The van der Waals surface area contributed by atoms with Gasteiger partial charge >= 0.3 is 0 Å². The maximum Gasteiger partial charge on any atom is 0.0682 e. The molecule has 0 bridgehead atoms. The summed E-state index contributed by atoms with van der Waals surface area (Å²) >= 11 is 11.9. The van der Waals surface area contributed by atoms with E-state index in [1.54, 1.807) is 6.07 Å². The van der Waals surface area contributed by atoms with Crippen molar-refractivity contribution in [3.05, 3.63) is 63.6 Å². The second-order valence-corrected chi connectivity index (χ2v) is 4.79. The Balaban J connectivity index is 2.06. The van der Waals surface area contributed by atoms with Crippen molar-refractivity contribution in [1.82, 2.24) is 0 Å². The van der Waals surface area contributed by atoms with Crippen molar-refractivity contribution in [1.29, 1.82) is 0 Å². The fourth-order valence-corrected chi connectivity index (χ4v) is 2.12. The van der Waals surface area contributed by atoms with E-state index in [0.717, 1.165) is 16.8 Å². The highest BCUT2D eigenvalue weighted by molar-refractivity contribution is 6.35. The van der Waals surface area contributed by atoms with Crippen LogP contribution in [0.4, 0.5) is 5.69 Å². The first kappa shape index (κ1) is 13.2. The van der Waals surface area contributed by atoms with E-state index in [4.69, 9.17) is 28.3 Å². The van der Waals surface area contributed by atoms with Gasteiger partial charge < -0.3 is 10.4 Å². The van der Waals surface area contributed by atoms with Gasteiger partial charge in [0.25, 0.3) is 0 Å². The number of benzene rings is 2. The summed E-state index contributed by atoms with van der Waals surface area (Å²) in [5.74, 6) is 0. The predicted molar refractivity (Wildman–Crippen MR) is 76.2 cm³/mol. The van der Waals surface area contributed by atoms with Crippen molar-refractivity contribution < 1.29 is 5.11 Å². The molecule has 18 heavy (non-hydrogen) atoms. The van der Waals surface area contributed by atoms with E-state index in [9.17, 15) is 0 Å². The molecule has 2 N–H and O–H groups in total. The van der Waals surface area contributed by atoms with Gasteiger partial charge in [0.05, 0.1) is 6.61 Å². The topological polar surface area (TPSA) is 32.3 Å². The lowest BCUT2D eigenvalue weighted by Gasteiger charge is -2.09. The van der Waals surface area contributed by atoms with Gasteiger partial charge in [-0.3, -0.25) is 0 Å². The van der Waals surface area contributed by atoms with E-state index >= 15 is 0 Å². The molecule has 0 unspecified atom stereocenters. The Hall–Kier alpha value is -1.22. The number of nitrogens with one attached hydrogen (secondary N) is 1. The lowest BCUT2D eigenvalue weighted by atomic mass is 10.2. The molecule has 0 radical (unpaired) electrons. The van der Waals surface area contributed by atoms with Crippen LogP contribution in [0.3, 0.4) is 0 Å². The van der Waals surface area contributed by atoms with E-state index in [1.165, 1.54) is 0 Å². The minimum absolute atomic E-state index is 0.0389. The van der Waals surface area contributed by atoms with Crippen LogP contribution in [-0.2, 0) is 13.2 Å². The third kappa shape index (κ3) is 3.39. The number of aliphatic hydroxyl groups excluding tert-OH is 1. The van der Waals surface area contributed by atoms with Crippen molar-refractivity contribution in [3.63, 3.8) is 0 Å². The van der Waals surface area contributed by atoms with Crippen molar-refractivity contribution >= 4 is 28.9 Å². The van der Waals surface area contributed by atoms with Crippen molar-refractivity contribution in [3.8, 4) is 0 Å². The summed E-state index contributed by atoms with van der Waals surface area (Å²) in [5, 5.41) is 13.6. The molecule has 0 aliphatic rings. The summed E-state index contributed by atoms with van der Waals surface area (Å²) in [4.78, 5) is 0. The smallest absolute Gasteiger partial charge is 0.0682 e. The van der Waals surface area contributed by atoms with Crippen molar-refractivity contribution in [2.45, 2.75) is 13.2 Å². The van der Waals surface area contributed by atoms with Gasteiger partial charge in [-0.15, -0.1) is 0 Å². The van der Waals surface area contributed by atoms with Crippen LogP contribution < -0.4 is 5.32 Å². The van der Waals surface area contributed by atoms with Gasteiger partial charge in [-0.1, -0.05) is 41.4 Å². The highest BCUT2D eigenvalue weighted by atomic mass is 35.5. The molecule has 0 heterocycles. The molecule has 0 amide bonds. The molecular formula is C14H13Cl2NO. The zero-order valence-corrected chi connectivity index (χ0v) is 11.2. The second kappa shape index (κ2) is 6.10. The molecule has 0 saturated carbocycles. The number of aliphatic hydroxyl groups is 1. The Morgan fingerprint density at radius 1 is 1.06 bits per heavy atom. The monoisotopic (exact) mass is 281 g/mol. The van der Waals surface area contributed by atoms with E-state index in [1.807, 2.05) is 36.4 Å². The summed E-state index contributed by atoms with van der Waals surface area (Å²) in [5.41, 5.74) is 2.81. The molecule has 0 spiro atoms. The standard InChI is InChI=1S/C14H13Cl2NO/c15-12-5-4-11(14(16)7-12)8-17-13-3-1-2-10(6-13)9-18/h1-7,17-18H,8-9H2. The number of hydrogen-bond donors (Lipinski definition) is 2. The van der Waals surface area contributed by atoms with E-state index in [-0.39, 0.29) is 6.61 Å². The number of hydrogen-bond acceptors (Lipinski definition) is 2. The molecule has 0 aliphatic carbocycles. The van der Waals surface area contributed by atoms with Crippen LogP contribution in [0.15, 0.2) is 42.5 Å². The summed E-state index contributed by atoms with van der Waals surface area (Å²) in [6.07, 6.45) is 0. The summed E-state index contributed by atoms with van der Waals surface area (Å²) in [6, 6.07) is 13.1.